The average molecular weight is 649 g/mol. The normalized spacial score (nSPS) is 31.6. The molecular formula is C18H22N10O9P2S2. The maximum Gasteiger partial charge on any atom is 0.387 e. The summed E-state index contributed by atoms with van der Waals surface area (Å²) >= 11 is 9.21. The summed E-state index contributed by atoms with van der Waals surface area (Å²) in [4.78, 5) is 46.0. The Hall–Kier alpha value is -2.55. The molecule has 0 radical (unpaired) electrons. The number of nitrogens with one attached hydrogen (secondary N) is 1. The van der Waals surface area contributed by atoms with E-state index in [2.05, 4.69) is 42.2 Å². The number of rotatable bonds is 1. The van der Waals surface area contributed by atoms with Crippen molar-refractivity contribution in [2.75, 3.05) is 24.7 Å². The number of aromatic nitrogens is 8. The number of hydrogen-bond acceptors (Lipinski definition) is 16. The van der Waals surface area contributed by atoms with Gasteiger partial charge in [-0.2, -0.15) is 4.98 Å². The van der Waals surface area contributed by atoms with E-state index in [4.69, 9.17) is 46.1 Å². The van der Waals surface area contributed by atoms with Crippen molar-refractivity contribution in [1.82, 2.24) is 39.0 Å². The summed E-state index contributed by atoms with van der Waals surface area (Å²) in [5, 5.41) is 11.1. The summed E-state index contributed by atoms with van der Waals surface area (Å²) < 4.78 is 44.3. The third-order valence-electron chi connectivity index (χ3n) is 6.26. The molecule has 0 aliphatic carbocycles. The molecule has 4 aromatic heterocycles. The first-order valence-electron chi connectivity index (χ1n) is 11.7. The molecular weight excluding hydrogens is 626 g/mol. The lowest BCUT2D eigenvalue weighted by molar-refractivity contribution is -0.0476. The minimum atomic E-state index is -4.27. The first-order chi connectivity index (χ1) is 19.4. The molecule has 41 heavy (non-hydrogen) atoms. The molecule has 6 heterocycles. The Labute approximate surface area is 239 Å². The molecule has 0 saturated carbocycles. The van der Waals surface area contributed by atoms with Crippen molar-refractivity contribution in [2.45, 2.75) is 37.7 Å². The molecule has 1 saturated heterocycles. The van der Waals surface area contributed by atoms with E-state index in [0.717, 1.165) is 0 Å². The molecule has 4 aromatic rings. The summed E-state index contributed by atoms with van der Waals surface area (Å²) in [5.41, 5.74) is 11.4. The van der Waals surface area contributed by atoms with Crippen LogP contribution in [-0.4, -0.2) is 80.6 Å². The maximum atomic E-state index is 13.4. The summed E-state index contributed by atoms with van der Waals surface area (Å²) in [6.45, 7) is -9.28. The van der Waals surface area contributed by atoms with Gasteiger partial charge in [0.1, 0.15) is 42.6 Å². The maximum absolute atomic E-state index is 13.4. The fourth-order valence-electron chi connectivity index (χ4n) is 4.44. The highest BCUT2D eigenvalue weighted by atomic mass is 32.7. The van der Waals surface area contributed by atoms with E-state index in [0.29, 0.717) is 0 Å². The van der Waals surface area contributed by atoms with Crippen molar-refractivity contribution >= 4 is 71.7 Å². The van der Waals surface area contributed by atoms with Crippen LogP contribution in [0.3, 0.4) is 0 Å². The molecule has 0 aromatic carbocycles. The van der Waals surface area contributed by atoms with Gasteiger partial charge in [0, 0.05) is 6.54 Å². The van der Waals surface area contributed by atoms with E-state index in [-0.39, 0.29) is 53.1 Å². The second-order valence-corrected chi connectivity index (χ2v) is 14.6. The van der Waals surface area contributed by atoms with E-state index in [9.17, 15) is 19.4 Å². The van der Waals surface area contributed by atoms with Crippen molar-refractivity contribution < 1.29 is 37.4 Å². The zero-order chi connectivity index (χ0) is 29.1. The van der Waals surface area contributed by atoms with Gasteiger partial charge in [0.2, 0.25) is 5.95 Å². The van der Waals surface area contributed by atoms with E-state index < -0.39 is 56.8 Å². The number of ether oxygens (including phenoxy) is 1. The van der Waals surface area contributed by atoms with Crippen LogP contribution in [0.15, 0.2) is 17.4 Å². The number of nitrogens with zero attached hydrogens (tertiary/aromatic N) is 7. The molecule has 0 spiro atoms. The monoisotopic (exact) mass is 648 g/mol. The molecule has 2 bridgehead atoms. The van der Waals surface area contributed by atoms with Crippen LogP contribution in [0.2, 0.25) is 0 Å². The third kappa shape index (κ3) is 5.51. The number of H-pyrrole nitrogens is 1. The number of nitrogens with two attached hydrogens (primary N) is 2. The molecule has 2 aliphatic heterocycles. The van der Waals surface area contributed by atoms with Crippen LogP contribution in [0.1, 0.15) is 12.1 Å². The SMILES string of the molecule is Nc1nc2c(nc3n2CCOP(O)(=S)OC[C@H]2O[C@@H](n4cnc5c(N)ncnc54)[C@H](OP(=O)(S)OC3)[C@@H]2O)c(=O)[nH]1. The van der Waals surface area contributed by atoms with Gasteiger partial charge in [-0.1, -0.05) is 12.2 Å². The minimum absolute atomic E-state index is 0.0307. The van der Waals surface area contributed by atoms with Gasteiger partial charge in [-0.05, 0) is 11.8 Å². The summed E-state index contributed by atoms with van der Waals surface area (Å²) in [6.07, 6.45) is -2.67. The van der Waals surface area contributed by atoms with Gasteiger partial charge in [-0.15, -0.1) is 0 Å². The Balaban J connectivity index is 1.38. The van der Waals surface area contributed by atoms with Gasteiger partial charge in [0.15, 0.2) is 28.9 Å². The first kappa shape index (κ1) is 28.6. The molecule has 0 amide bonds. The van der Waals surface area contributed by atoms with Crippen LogP contribution in [-0.2, 0) is 52.4 Å². The van der Waals surface area contributed by atoms with Gasteiger partial charge < -0.3 is 39.8 Å². The molecule has 6 rings (SSSR count). The van der Waals surface area contributed by atoms with Crippen LogP contribution in [0.4, 0.5) is 11.8 Å². The molecule has 2 aliphatic rings. The van der Waals surface area contributed by atoms with Gasteiger partial charge in [-0.25, -0.2) is 24.5 Å². The van der Waals surface area contributed by atoms with Crippen LogP contribution >= 0.6 is 25.8 Å². The summed E-state index contributed by atoms with van der Waals surface area (Å²) in [6, 6.07) is 0. The number of aliphatic hydroxyl groups excluding tert-OH is 1. The third-order valence-corrected chi connectivity index (χ3v) is 9.47. The Bertz CT molecular complexity index is 1800. The predicted molar refractivity (Wildman–Crippen MR) is 147 cm³/mol. The number of thiol groups is 1. The average Bonchev–Trinajstić information content (AvgIpc) is 3.56. The Morgan fingerprint density at radius 1 is 1.15 bits per heavy atom. The van der Waals surface area contributed by atoms with Crippen LogP contribution < -0.4 is 17.0 Å². The van der Waals surface area contributed by atoms with Gasteiger partial charge in [-0.3, -0.25) is 23.4 Å². The summed E-state index contributed by atoms with van der Waals surface area (Å²) in [5.74, 6) is 0.00720. The molecule has 220 valence electrons. The van der Waals surface area contributed by atoms with Crippen LogP contribution in [0, 0.1) is 0 Å². The van der Waals surface area contributed by atoms with E-state index in [1.54, 1.807) is 0 Å². The van der Waals surface area contributed by atoms with Crippen molar-refractivity contribution in [2.24, 2.45) is 0 Å². The fourth-order valence-corrected chi connectivity index (χ4v) is 6.95. The number of nitrogen functional groups attached to an aromatic ring is 2. The van der Waals surface area contributed by atoms with Crippen molar-refractivity contribution in [1.29, 1.82) is 0 Å². The standard InChI is InChI=1S/C18H22N10O9P2S2/c19-13-9-14(22-5-21-13)28(6-23-9)17-12-11(29)7(36-17)3-34-38(31,40)33-2-1-27-8(4-35-39(32,41)37-12)24-10-15(27)25-18(20)26-16(10)30/h5-7,11-12,17,29H,1-4H2,(H,31,40)(H,32,41)(H2,19,21,22)(H3,20,25,26,30)/t7-,11-,12-,17-,38?,39?/m1/s1. The largest absolute Gasteiger partial charge is 0.387 e. The van der Waals surface area contributed by atoms with Crippen molar-refractivity contribution in [3.63, 3.8) is 0 Å². The van der Waals surface area contributed by atoms with Crippen molar-refractivity contribution in [3.05, 3.63) is 28.8 Å². The summed E-state index contributed by atoms with van der Waals surface area (Å²) in [7, 11) is 0. The molecule has 23 heteroatoms. The van der Waals surface area contributed by atoms with E-state index in [1.807, 2.05) is 0 Å². The topological polar surface area (TPSA) is 263 Å². The number of anilines is 2. The van der Waals surface area contributed by atoms with Gasteiger partial charge in [0.05, 0.1) is 19.5 Å². The smallest absolute Gasteiger partial charge is 0.387 e. The molecule has 19 nitrogen and oxygen atoms in total. The molecule has 7 N–H and O–H groups in total. The second kappa shape index (κ2) is 10.6. The molecule has 6 atom stereocenters. The lowest BCUT2D eigenvalue weighted by Crippen LogP contribution is -2.35. The highest BCUT2D eigenvalue weighted by Gasteiger charge is 2.49. The lowest BCUT2D eigenvalue weighted by Gasteiger charge is -2.24. The van der Waals surface area contributed by atoms with Crippen LogP contribution in [0.25, 0.3) is 22.3 Å². The highest BCUT2D eigenvalue weighted by molar-refractivity contribution is 8.44. The number of imidazole rings is 2. The van der Waals surface area contributed by atoms with E-state index >= 15 is 0 Å². The van der Waals surface area contributed by atoms with Gasteiger partial charge >= 0.3 is 13.5 Å². The van der Waals surface area contributed by atoms with Crippen molar-refractivity contribution in [3.8, 4) is 0 Å². The predicted octanol–water partition coefficient (Wildman–Crippen LogP) is -0.415. The van der Waals surface area contributed by atoms with Crippen LogP contribution in [0.5, 0.6) is 0 Å². The zero-order valence-electron chi connectivity index (χ0n) is 20.6. The number of fused-ring (bicyclic) bond motifs is 6. The van der Waals surface area contributed by atoms with E-state index in [1.165, 1.54) is 21.8 Å². The Kier molecular flexibility index (Phi) is 7.40. The molecule has 1 fully saturated rings. The zero-order valence-corrected chi connectivity index (χ0v) is 24.1. The quantitative estimate of drug-likeness (QED) is 0.113. The first-order valence-corrected chi connectivity index (χ1v) is 17.0. The molecule has 2 unspecified atom stereocenters. The lowest BCUT2D eigenvalue weighted by atomic mass is 10.1. The Morgan fingerprint density at radius 3 is 2.76 bits per heavy atom. The second-order valence-electron chi connectivity index (χ2n) is 8.85. The van der Waals surface area contributed by atoms with Gasteiger partial charge in [0.25, 0.3) is 5.56 Å². The Morgan fingerprint density at radius 2 is 1.95 bits per heavy atom. The number of hydrogen-bond donors (Lipinski definition) is 6. The number of aromatic amines is 1. The fraction of sp³-hybridized carbons (Fsp3) is 0.444. The highest BCUT2D eigenvalue weighted by Crippen LogP contribution is 2.57. The number of aliphatic hydroxyl groups is 1. The minimum Gasteiger partial charge on any atom is -0.387 e.